The van der Waals surface area contributed by atoms with Crippen molar-refractivity contribution in [2.75, 3.05) is 11.9 Å². The largest absolute Gasteiger partial charge is 0.481 e. The van der Waals surface area contributed by atoms with Gasteiger partial charge in [0.15, 0.2) is 0 Å². The molecule has 0 bridgehead atoms. The SMILES string of the molecule is O=C(O)C1(CNc2nc(C(F)(F)F)ns2)CCC1. The lowest BCUT2D eigenvalue weighted by molar-refractivity contribution is -0.153. The fourth-order valence-electron chi connectivity index (χ4n) is 1.73. The van der Waals surface area contributed by atoms with E-state index in [1.165, 1.54) is 0 Å². The predicted molar refractivity (Wildman–Crippen MR) is 57.3 cm³/mol. The van der Waals surface area contributed by atoms with Gasteiger partial charge in [0.05, 0.1) is 5.41 Å². The molecule has 0 aromatic carbocycles. The van der Waals surface area contributed by atoms with Crippen molar-refractivity contribution < 1.29 is 23.1 Å². The molecule has 1 fully saturated rings. The molecule has 100 valence electrons. The highest BCUT2D eigenvalue weighted by atomic mass is 32.1. The van der Waals surface area contributed by atoms with Crippen LogP contribution in [0.1, 0.15) is 25.1 Å². The van der Waals surface area contributed by atoms with Gasteiger partial charge < -0.3 is 10.4 Å². The van der Waals surface area contributed by atoms with Gasteiger partial charge in [-0.05, 0) is 12.8 Å². The molecule has 1 aromatic rings. The molecule has 0 spiro atoms. The maximum absolute atomic E-state index is 12.2. The number of nitrogens with one attached hydrogen (secondary N) is 1. The highest BCUT2D eigenvalue weighted by molar-refractivity contribution is 7.09. The molecule has 1 aliphatic rings. The summed E-state index contributed by atoms with van der Waals surface area (Å²) in [6.45, 7) is 0.0782. The number of rotatable bonds is 4. The number of halogens is 3. The number of carbonyl (C=O) groups is 1. The highest BCUT2D eigenvalue weighted by Gasteiger charge is 2.44. The van der Waals surface area contributed by atoms with Crippen molar-refractivity contribution in [3.8, 4) is 0 Å². The van der Waals surface area contributed by atoms with Gasteiger partial charge in [0.2, 0.25) is 11.0 Å². The average Bonchev–Trinajstić information content (AvgIpc) is 2.63. The zero-order valence-electron chi connectivity index (χ0n) is 9.12. The van der Waals surface area contributed by atoms with E-state index in [2.05, 4.69) is 14.7 Å². The second-order valence-corrected chi connectivity index (χ2v) is 4.97. The Labute approximate surface area is 104 Å². The van der Waals surface area contributed by atoms with E-state index in [1.54, 1.807) is 0 Å². The Morgan fingerprint density at radius 2 is 2.17 bits per heavy atom. The van der Waals surface area contributed by atoms with E-state index in [-0.39, 0.29) is 11.7 Å². The van der Waals surface area contributed by atoms with Crippen LogP contribution < -0.4 is 5.32 Å². The third-order valence-corrected chi connectivity index (χ3v) is 3.69. The Morgan fingerprint density at radius 1 is 1.50 bits per heavy atom. The second-order valence-electron chi connectivity index (χ2n) is 4.21. The maximum Gasteiger partial charge on any atom is 0.452 e. The van der Waals surface area contributed by atoms with Crippen molar-refractivity contribution in [3.05, 3.63) is 5.82 Å². The van der Waals surface area contributed by atoms with E-state index in [9.17, 15) is 18.0 Å². The Balaban J connectivity index is 1.98. The number of anilines is 1. The van der Waals surface area contributed by atoms with Crippen molar-refractivity contribution >= 4 is 22.6 Å². The Bertz CT molecular complexity index is 456. The van der Waals surface area contributed by atoms with Gasteiger partial charge in [-0.3, -0.25) is 4.79 Å². The summed E-state index contributed by atoms with van der Waals surface area (Å²) in [5.41, 5.74) is -0.871. The molecule has 0 radical (unpaired) electrons. The van der Waals surface area contributed by atoms with Crippen LogP contribution >= 0.6 is 11.5 Å². The van der Waals surface area contributed by atoms with Gasteiger partial charge in [-0.1, -0.05) is 6.42 Å². The minimum Gasteiger partial charge on any atom is -0.481 e. The number of hydrogen-bond donors (Lipinski definition) is 2. The van der Waals surface area contributed by atoms with E-state index in [4.69, 9.17) is 5.11 Å². The van der Waals surface area contributed by atoms with Crippen molar-refractivity contribution in [3.63, 3.8) is 0 Å². The first-order valence-electron chi connectivity index (χ1n) is 5.22. The molecule has 5 nitrogen and oxygen atoms in total. The summed E-state index contributed by atoms with van der Waals surface area (Å²) < 4.78 is 39.9. The number of nitrogens with zero attached hydrogens (tertiary/aromatic N) is 2. The number of alkyl halides is 3. The lowest BCUT2D eigenvalue weighted by Gasteiger charge is -2.37. The van der Waals surface area contributed by atoms with Gasteiger partial charge in [-0.2, -0.15) is 22.5 Å². The first-order valence-corrected chi connectivity index (χ1v) is 5.99. The molecular formula is C9H10F3N3O2S. The van der Waals surface area contributed by atoms with Crippen molar-refractivity contribution in [2.45, 2.75) is 25.4 Å². The first-order chi connectivity index (χ1) is 8.33. The molecule has 0 unspecified atom stereocenters. The smallest absolute Gasteiger partial charge is 0.452 e. The van der Waals surface area contributed by atoms with E-state index >= 15 is 0 Å². The number of carboxylic acid groups (broad SMARTS) is 1. The molecule has 2 N–H and O–H groups in total. The number of aromatic nitrogens is 2. The van der Waals surface area contributed by atoms with Crippen LogP contribution in [0.25, 0.3) is 0 Å². The highest BCUT2D eigenvalue weighted by Crippen LogP contribution is 2.41. The monoisotopic (exact) mass is 281 g/mol. The summed E-state index contributed by atoms with van der Waals surface area (Å²) in [4.78, 5) is 14.3. The fraction of sp³-hybridized carbons (Fsp3) is 0.667. The quantitative estimate of drug-likeness (QED) is 0.885. The molecule has 9 heteroatoms. The minimum atomic E-state index is -4.57. The molecule has 2 rings (SSSR count). The van der Waals surface area contributed by atoms with Crippen molar-refractivity contribution in [1.82, 2.24) is 9.36 Å². The number of hydrogen-bond acceptors (Lipinski definition) is 5. The molecule has 1 heterocycles. The Morgan fingerprint density at radius 3 is 2.56 bits per heavy atom. The number of aliphatic carboxylic acids is 1. The minimum absolute atomic E-state index is 0.00477. The molecule has 0 saturated heterocycles. The summed E-state index contributed by atoms with van der Waals surface area (Å²) >= 11 is 0.578. The summed E-state index contributed by atoms with van der Waals surface area (Å²) in [7, 11) is 0. The molecule has 1 saturated carbocycles. The number of carboxylic acids is 1. The molecular weight excluding hydrogens is 271 g/mol. The van der Waals surface area contributed by atoms with Crippen LogP contribution in [0, 0.1) is 5.41 Å². The fourth-order valence-corrected chi connectivity index (χ4v) is 2.31. The standard InChI is InChI=1S/C9H10F3N3O2S/c10-9(11,12)5-14-7(18-15-5)13-4-8(6(16)17)2-1-3-8/h1-4H2,(H,16,17)(H,13,14,15). The Kier molecular flexibility index (Phi) is 3.18. The van der Waals surface area contributed by atoms with Gasteiger partial charge in [0.1, 0.15) is 0 Å². The van der Waals surface area contributed by atoms with Crippen LogP contribution in [0.5, 0.6) is 0 Å². The zero-order chi connectivity index (χ0) is 13.4. The summed E-state index contributed by atoms with van der Waals surface area (Å²) in [5.74, 6) is -2.13. The van der Waals surface area contributed by atoms with Crippen LogP contribution in [0.2, 0.25) is 0 Å². The summed E-state index contributed by atoms with van der Waals surface area (Å²) in [6, 6.07) is 0. The third kappa shape index (κ3) is 2.40. The molecule has 0 aliphatic heterocycles. The van der Waals surface area contributed by atoms with E-state index in [1.807, 2.05) is 0 Å². The van der Waals surface area contributed by atoms with E-state index in [0.717, 1.165) is 6.42 Å². The maximum atomic E-state index is 12.2. The molecule has 1 aliphatic carbocycles. The van der Waals surface area contributed by atoms with Gasteiger partial charge in [-0.25, -0.2) is 0 Å². The molecule has 0 amide bonds. The first kappa shape index (κ1) is 13.1. The summed E-state index contributed by atoms with van der Waals surface area (Å²) in [6.07, 6.45) is -2.70. The summed E-state index contributed by atoms with van der Waals surface area (Å²) in [5, 5.41) is 11.7. The van der Waals surface area contributed by atoms with Crippen LogP contribution in [-0.2, 0) is 11.0 Å². The molecule has 0 atom stereocenters. The van der Waals surface area contributed by atoms with Crippen molar-refractivity contribution in [1.29, 1.82) is 0 Å². The molecule has 1 aromatic heterocycles. The normalized spacial score (nSPS) is 18.2. The third-order valence-electron chi connectivity index (χ3n) is 3.02. The van der Waals surface area contributed by atoms with Crippen LogP contribution in [0.15, 0.2) is 0 Å². The van der Waals surface area contributed by atoms with Gasteiger partial charge in [0, 0.05) is 18.1 Å². The van der Waals surface area contributed by atoms with E-state index in [0.29, 0.717) is 24.4 Å². The van der Waals surface area contributed by atoms with Crippen molar-refractivity contribution in [2.24, 2.45) is 5.41 Å². The lowest BCUT2D eigenvalue weighted by Crippen LogP contribution is -2.43. The zero-order valence-corrected chi connectivity index (χ0v) is 9.94. The van der Waals surface area contributed by atoms with Crippen LogP contribution in [0.4, 0.5) is 18.3 Å². The van der Waals surface area contributed by atoms with Crippen LogP contribution in [-0.4, -0.2) is 27.0 Å². The topological polar surface area (TPSA) is 75.1 Å². The van der Waals surface area contributed by atoms with Gasteiger partial charge in [0.25, 0.3) is 0 Å². The Hall–Kier alpha value is -1.38. The lowest BCUT2D eigenvalue weighted by atomic mass is 9.69. The average molecular weight is 281 g/mol. The van der Waals surface area contributed by atoms with Gasteiger partial charge in [-0.15, -0.1) is 0 Å². The molecule has 18 heavy (non-hydrogen) atoms. The van der Waals surface area contributed by atoms with Crippen LogP contribution in [0.3, 0.4) is 0 Å². The predicted octanol–water partition coefficient (Wildman–Crippen LogP) is 2.22. The van der Waals surface area contributed by atoms with Gasteiger partial charge >= 0.3 is 12.1 Å². The van der Waals surface area contributed by atoms with E-state index < -0.39 is 23.4 Å². The second kappa shape index (κ2) is 4.38.